The molecule has 1 aromatic rings. The summed E-state index contributed by atoms with van der Waals surface area (Å²) in [7, 11) is 0. The van der Waals surface area contributed by atoms with Crippen LogP contribution in [0.15, 0.2) is 18.6 Å². The van der Waals surface area contributed by atoms with Gasteiger partial charge in [0.15, 0.2) is 0 Å². The fraction of sp³-hybridized carbons (Fsp3) is 0.538. The third-order valence-corrected chi connectivity index (χ3v) is 3.28. The fourth-order valence-corrected chi connectivity index (χ4v) is 2.17. The Morgan fingerprint density at radius 1 is 1.37 bits per heavy atom. The van der Waals surface area contributed by atoms with E-state index in [9.17, 15) is 9.59 Å². The van der Waals surface area contributed by atoms with Crippen molar-refractivity contribution in [2.75, 3.05) is 13.1 Å². The van der Waals surface area contributed by atoms with E-state index in [1.807, 2.05) is 11.8 Å². The summed E-state index contributed by atoms with van der Waals surface area (Å²) in [5.41, 5.74) is 0.328. The third-order valence-electron chi connectivity index (χ3n) is 3.28. The number of aromatic nitrogens is 2. The quantitative estimate of drug-likeness (QED) is 0.866. The summed E-state index contributed by atoms with van der Waals surface area (Å²) in [4.78, 5) is 33.1. The van der Waals surface area contributed by atoms with E-state index in [0.29, 0.717) is 25.2 Å². The highest BCUT2D eigenvalue weighted by Gasteiger charge is 2.23. The Kier molecular flexibility index (Phi) is 4.43. The molecule has 1 saturated heterocycles. The van der Waals surface area contributed by atoms with Gasteiger partial charge >= 0.3 is 0 Å². The molecule has 0 aromatic carbocycles. The second-order valence-electron chi connectivity index (χ2n) is 4.57. The number of rotatable bonds is 3. The maximum Gasteiger partial charge on any atom is 0.271 e. The Bertz CT molecular complexity index is 441. The summed E-state index contributed by atoms with van der Waals surface area (Å²) in [5, 5.41) is 2.93. The minimum atomic E-state index is -0.201. The molecule has 6 nitrogen and oxygen atoms in total. The van der Waals surface area contributed by atoms with Crippen molar-refractivity contribution in [3.05, 3.63) is 24.3 Å². The first kappa shape index (κ1) is 13.5. The SMILES string of the molecule is CCC(=O)N1CCC(NC(=O)c2cnccn2)CC1. The highest BCUT2D eigenvalue weighted by atomic mass is 16.2. The van der Waals surface area contributed by atoms with Crippen molar-refractivity contribution in [2.24, 2.45) is 0 Å². The van der Waals surface area contributed by atoms with Crippen LogP contribution >= 0.6 is 0 Å². The molecule has 1 N–H and O–H groups in total. The van der Waals surface area contributed by atoms with Crippen LogP contribution in [-0.4, -0.2) is 45.8 Å². The molecule has 1 aliphatic rings. The van der Waals surface area contributed by atoms with Crippen molar-refractivity contribution < 1.29 is 9.59 Å². The van der Waals surface area contributed by atoms with Crippen LogP contribution in [0.5, 0.6) is 0 Å². The predicted octanol–water partition coefficient (Wildman–Crippen LogP) is 0.607. The van der Waals surface area contributed by atoms with Crippen molar-refractivity contribution >= 4 is 11.8 Å². The first-order chi connectivity index (χ1) is 9.20. The van der Waals surface area contributed by atoms with E-state index in [1.54, 1.807) is 0 Å². The summed E-state index contributed by atoms with van der Waals surface area (Å²) < 4.78 is 0. The molecule has 0 aliphatic carbocycles. The molecule has 6 heteroatoms. The van der Waals surface area contributed by atoms with Gasteiger partial charge in [0.25, 0.3) is 5.91 Å². The molecule has 1 aromatic heterocycles. The molecule has 0 radical (unpaired) electrons. The van der Waals surface area contributed by atoms with Crippen LogP contribution in [0, 0.1) is 0 Å². The summed E-state index contributed by atoms with van der Waals surface area (Å²) in [6.07, 6.45) is 6.60. The zero-order valence-corrected chi connectivity index (χ0v) is 11.0. The van der Waals surface area contributed by atoms with E-state index in [0.717, 1.165) is 12.8 Å². The maximum atomic E-state index is 11.9. The van der Waals surface area contributed by atoms with Gasteiger partial charge in [0.1, 0.15) is 5.69 Å². The van der Waals surface area contributed by atoms with Crippen LogP contribution in [0.4, 0.5) is 0 Å². The summed E-state index contributed by atoms with van der Waals surface area (Å²) in [5.74, 6) is -0.0212. The van der Waals surface area contributed by atoms with Crippen molar-refractivity contribution in [1.29, 1.82) is 0 Å². The van der Waals surface area contributed by atoms with Crippen LogP contribution in [0.2, 0.25) is 0 Å². The van der Waals surface area contributed by atoms with E-state index in [2.05, 4.69) is 15.3 Å². The van der Waals surface area contributed by atoms with Gasteiger partial charge in [-0.3, -0.25) is 14.6 Å². The third kappa shape index (κ3) is 3.49. The first-order valence-electron chi connectivity index (χ1n) is 6.55. The predicted molar refractivity (Wildman–Crippen MR) is 69.4 cm³/mol. The number of hydrogen-bond donors (Lipinski definition) is 1. The molecular weight excluding hydrogens is 244 g/mol. The summed E-state index contributed by atoms with van der Waals surface area (Å²) >= 11 is 0. The lowest BCUT2D eigenvalue weighted by molar-refractivity contribution is -0.131. The van der Waals surface area contributed by atoms with Crippen LogP contribution in [0.3, 0.4) is 0 Å². The maximum absolute atomic E-state index is 11.9. The number of nitrogens with one attached hydrogen (secondary N) is 1. The lowest BCUT2D eigenvalue weighted by Crippen LogP contribution is -2.46. The van der Waals surface area contributed by atoms with E-state index in [-0.39, 0.29) is 17.9 Å². The second-order valence-corrected chi connectivity index (χ2v) is 4.57. The van der Waals surface area contributed by atoms with Crippen LogP contribution in [-0.2, 0) is 4.79 Å². The van der Waals surface area contributed by atoms with Gasteiger partial charge in [0, 0.05) is 37.9 Å². The van der Waals surface area contributed by atoms with Gasteiger partial charge < -0.3 is 10.2 Å². The van der Waals surface area contributed by atoms with Gasteiger partial charge in [-0.2, -0.15) is 0 Å². The Morgan fingerprint density at radius 3 is 2.68 bits per heavy atom. The lowest BCUT2D eigenvalue weighted by Gasteiger charge is -2.32. The van der Waals surface area contributed by atoms with E-state index in [1.165, 1.54) is 18.6 Å². The second kappa shape index (κ2) is 6.26. The molecule has 19 heavy (non-hydrogen) atoms. The van der Waals surface area contributed by atoms with E-state index in [4.69, 9.17) is 0 Å². The molecule has 0 atom stereocenters. The molecule has 2 rings (SSSR count). The van der Waals surface area contributed by atoms with Gasteiger partial charge in [-0.15, -0.1) is 0 Å². The summed E-state index contributed by atoms with van der Waals surface area (Å²) in [6, 6.07) is 0.107. The van der Waals surface area contributed by atoms with Crippen molar-refractivity contribution in [1.82, 2.24) is 20.2 Å². The molecule has 0 unspecified atom stereocenters. The number of piperidine rings is 1. The molecule has 102 valence electrons. The molecular formula is C13H18N4O2. The molecule has 0 saturated carbocycles. The van der Waals surface area contributed by atoms with Gasteiger partial charge in [0.05, 0.1) is 6.20 Å². The smallest absolute Gasteiger partial charge is 0.271 e. The molecule has 1 fully saturated rings. The minimum absolute atomic E-state index is 0.107. The number of carbonyl (C=O) groups is 2. The lowest BCUT2D eigenvalue weighted by atomic mass is 10.0. The zero-order chi connectivity index (χ0) is 13.7. The van der Waals surface area contributed by atoms with E-state index >= 15 is 0 Å². The number of likely N-dealkylation sites (tertiary alicyclic amines) is 1. The first-order valence-corrected chi connectivity index (χ1v) is 6.55. The zero-order valence-electron chi connectivity index (χ0n) is 11.0. The van der Waals surface area contributed by atoms with Crippen molar-refractivity contribution in [2.45, 2.75) is 32.2 Å². The van der Waals surface area contributed by atoms with Gasteiger partial charge in [-0.25, -0.2) is 4.98 Å². The Labute approximate surface area is 112 Å². The van der Waals surface area contributed by atoms with Crippen molar-refractivity contribution in [3.8, 4) is 0 Å². The van der Waals surface area contributed by atoms with Gasteiger partial charge in [-0.05, 0) is 12.8 Å². The van der Waals surface area contributed by atoms with Gasteiger partial charge in [0.2, 0.25) is 5.91 Å². The monoisotopic (exact) mass is 262 g/mol. The molecule has 2 amide bonds. The molecule has 0 spiro atoms. The minimum Gasteiger partial charge on any atom is -0.348 e. The van der Waals surface area contributed by atoms with Crippen molar-refractivity contribution in [3.63, 3.8) is 0 Å². The fourth-order valence-electron chi connectivity index (χ4n) is 2.17. The summed E-state index contributed by atoms with van der Waals surface area (Å²) in [6.45, 7) is 3.28. The molecule has 0 bridgehead atoms. The molecule has 2 heterocycles. The number of amides is 2. The molecule has 1 aliphatic heterocycles. The number of hydrogen-bond acceptors (Lipinski definition) is 4. The average molecular weight is 262 g/mol. The van der Waals surface area contributed by atoms with Crippen LogP contribution in [0.25, 0.3) is 0 Å². The standard InChI is InChI=1S/C13H18N4O2/c1-2-12(18)17-7-3-10(4-8-17)16-13(19)11-9-14-5-6-15-11/h5-6,9-10H,2-4,7-8H2,1H3,(H,16,19). The number of nitrogens with zero attached hydrogens (tertiary/aromatic N) is 3. The Hall–Kier alpha value is -1.98. The Balaban J connectivity index is 1.83. The topological polar surface area (TPSA) is 75.2 Å². The highest BCUT2D eigenvalue weighted by Crippen LogP contribution is 2.11. The van der Waals surface area contributed by atoms with Crippen LogP contribution < -0.4 is 5.32 Å². The Morgan fingerprint density at radius 2 is 2.11 bits per heavy atom. The highest BCUT2D eigenvalue weighted by molar-refractivity contribution is 5.92. The van der Waals surface area contributed by atoms with Gasteiger partial charge in [-0.1, -0.05) is 6.92 Å². The normalized spacial score (nSPS) is 16.2. The van der Waals surface area contributed by atoms with E-state index < -0.39 is 0 Å². The van der Waals surface area contributed by atoms with Crippen LogP contribution in [0.1, 0.15) is 36.7 Å². The largest absolute Gasteiger partial charge is 0.348 e. The number of carbonyl (C=O) groups excluding carboxylic acids is 2. The average Bonchev–Trinajstić information content (AvgIpc) is 2.48.